The number of alkyl halides is 1. The fraction of sp³-hybridized carbons (Fsp3) is 0.333. The zero-order valence-corrected chi connectivity index (χ0v) is 6.20. The van der Waals surface area contributed by atoms with Crippen LogP contribution in [0.1, 0.15) is 11.7 Å². The van der Waals surface area contributed by atoms with Crippen LogP contribution in [0.5, 0.6) is 0 Å². The smallest absolute Gasteiger partial charge is 0.110 e. The third-order valence-electron chi connectivity index (χ3n) is 1.19. The second kappa shape index (κ2) is 4.30. The summed E-state index contributed by atoms with van der Waals surface area (Å²) in [6.07, 6.45) is 1.73. The van der Waals surface area contributed by atoms with E-state index in [1.54, 1.807) is 18.3 Å². The summed E-state index contributed by atoms with van der Waals surface area (Å²) in [7, 11) is 0. The Kier molecular flexibility index (Phi) is 4.07. The van der Waals surface area contributed by atoms with Gasteiger partial charge < -0.3 is 10.7 Å². The standard InChI is InChI=1S/C6H9FN2.ClH/c7-4-5(8)6-2-1-3-9-6;/h1-3,5,9H,4,8H2;1H/t5-;/m0./s1. The first-order chi connectivity index (χ1) is 4.34. The van der Waals surface area contributed by atoms with Gasteiger partial charge in [-0.25, -0.2) is 4.39 Å². The molecular weight excluding hydrogens is 155 g/mol. The second-order valence-corrected chi connectivity index (χ2v) is 1.89. The Labute approximate surface area is 65.0 Å². The lowest BCUT2D eigenvalue weighted by atomic mass is 10.2. The topological polar surface area (TPSA) is 41.8 Å². The monoisotopic (exact) mass is 164 g/mol. The van der Waals surface area contributed by atoms with Crippen LogP contribution in [0.25, 0.3) is 0 Å². The van der Waals surface area contributed by atoms with Gasteiger partial charge in [0.05, 0.1) is 6.04 Å². The molecular formula is C6H10ClFN2. The number of nitrogens with two attached hydrogens (primary N) is 1. The minimum absolute atomic E-state index is 0. The van der Waals surface area contributed by atoms with E-state index in [0.29, 0.717) is 0 Å². The van der Waals surface area contributed by atoms with Crippen molar-refractivity contribution in [1.29, 1.82) is 0 Å². The maximum Gasteiger partial charge on any atom is 0.110 e. The first kappa shape index (κ1) is 9.46. The van der Waals surface area contributed by atoms with E-state index in [2.05, 4.69) is 4.98 Å². The highest BCUT2D eigenvalue weighted by atomic mass is 35.5. The van der Waals surface area contributed by atoms with Crippen molar-refractivity contribution in [2.75, 3.05) is 6.67 Å². The van der Waals surface area contributed by atoms with Gasteiger partial charge in [0.2, 0.25) is 0 Å². The van der Waals surface area contributed by atoms with E-state index < -0.39 is 12.7 Å². The third-order valence-corrected chi connectivity index (χ3v) is 1.19. The van der Waals surface area contributed by atoms with Crippen LogP contribution in [0.15, 0.2) is 18.3 Å². The maximum absolute atomic E-state index is 11.8. The number of aromatic amines is 1. The number of hydrogen-bond acceptors (Lipinski definition) is 1. The summed E-state index contributed by atoms with van der Waals surface area (Å²) in [5.74, 6) is 0. The van der Waals surface area contributed by atoms with Crippen molar-refractivity contribution in [2.45, 2.75) is 6.04 Å². The number of nitrogens with one attached hydrogen (secondary N) is 1. The highest BCUT2D eigenvalue weighted by Crippen LogP contribution is 2.05. The number of hydrogen-bond donors (Lipinski definition) is 2. The molecule has 0 aliphatic heterocycles. The normalized spacial score (nSPS) is 12.2. The molecule has 0 saturated carbocycles. The van der Waals surface area contributed by atoms with Crippen LogP contribution in [0.4, 0.5) is 4.39 Å². The number of aromatic nitrogens is 1. The Balaban J connectivity index is 0.000000810. The predicted molar refractivity (Wildman–Crippen MR) is 40.9 cm³/mol. The molecule has 10 heavy (non-hydrogen) atoms. The SMILES string of the molecule is Cl.N[C@@H](CF)c1ccc[nH]1. The molecule has 0 aromatic carbocycles. The molecule has 0 aliphatic rings. The summed E-state index contributed by atoms with van der Waals surface area (Å²) in [6, 6.07) is 3.08. The Hall–Kier alpha value is -0.540. The van der Waals surface area contributed by atoms with Crippen LogP contribution in [-0.4, -0.2) is 11.7 Å². The average Bonchev–Trinajstić information content (AvgIpc) is 2.37. The molecule has 1 aromatic rings. The van der Waals surface area contributed by atoms with Crippen molar-refractivity contribution in [3.05, 3.63) is 24.0 Å². The van der Waals surface area contributed by atoms with E-state index in [0.717, 1.165) is 5.69 Å². The summed E-state index contributed by atoms with van der Waals surface area (Å²) in [4.78, 5) is 2.82. The van der Waals surface area contributed by atoms with Gasteiger partial charge in [-0.1, -0.05) is 0 Å². The van der Waals surface area contributed by atoms with E-state index >= 15 is 0 Å². The summed E-state index contributed by atoms with van der Waals surface area (Å²) in [5, 5.41) is 0. The zero-order valence-electron chi connectivity index (χ0n) is 5.38. The summed E-state index contributed by atoms with van der Waals surface area (Å²) in [6.45, 7) is -0.513. The third kappa shape index (κ3) is 2.01. The van der Waals surface area contributed by atoms with Crippen LogP contribution in [0.3, 0.4) is 0 Å². The predicted octanol–water partition coefficient (Wildman–Crippen LogP) is 1.41. The Morgan fingerprint density at radius 1 is 1.70 bits per heavy atom. The Morgan fingerprint density at radius 2 is 2.40 bits per heavy atom. The van der Waals surface area contributed by atoms with E-state index in [1.165, 1.54) is 0 Å². The van der Waals surface area contributed by atoms with Gasteiger partial charge in [0, 0.05) is 11.9 Å². The average molecular weight is 165 g/mol. The van der Waals surface area contributed by atoms with Crippen LogP contribution < -0.4 is 5.73 Å². The number of halogens is 2. The fourth-order valence-electron chi connectivity index (χ4n) is 0.658. The minimum Gasteiger partial charge on any atom is -0.364 e. The lowest BCUT2D eigenvalue weighted by Gasteiger charge is -2.01. The van der Waals surface area contributed by atoms with Crippen molar-refractivity contribution >= 4 is 12.4 Å². The van der Waals surface area contributed by atoms with Gasteiger partial charge in [0.25, 0.3) is 0 Å². The molecule has 1 atom stereocenters. The molecule has 0 fully saturated rings. The molecule has 0 bridgehead atoms. The molecule has 1 rings (SSSR count). The van der Waals surface area contributed by atoms with Gasteiger partial charge in [0.1, 0.15) is 6.67 Å². The second-order valence-electron chi connectivity index (χ2n) is 1.89. The summed E-state index contributed by atoms with van der Waals surface area (Å²) in [5.41, 5.74) is 6.08. The number of H-pyrrole nitrogens is 1. The molecule has 3 N–H and O–H groups in total. The van der Waals surface area contributed by atoms with Gasteiger partial charge >= 0.3 is 0 Å². The largest absolute Gasteiger partial charge is 0.364 e. The van der Waals surface area contributed by atoms with E-state index in [-0.39, 0.29) is 12.4 Å². The Bertz CT molecular complexity index is 164. The molecule has 1 heterocycles. The lowest BCUT2D eigenvalue weighted by Crippen LogP contribution is -2.12. The van der Waals surface area contributed by atoms with Gasteiger partial charge in [-0.05, 0) is 12.1 Å². The molecule has 0 unspecified atom stereocenters. The van der Waals surface area contributed by atoms with Crippen LogP contribution in [0, 0.1) is 0 Å². The molecule has 1 aromatic heterocycles. The molecule has 2 nitrogen and oxygen atoms in total. The molecule has 0 saturated heterocycles. The number of rotatable bonds is 2. The minimum atomic E-state index is -0.513. The van der Waals surface area contributed by atoms with Crippen LogP contribution in [-0.2, 0) is 0 Å². The Morgan fingerprint density at radius 3 is 2.80 bits per heavy atom. The van der Waals surface area contributed by atoms with E-state index in [1.807, 2.05) is 0 Å². The lowest BCUT2D eigenvalue weighted by molar-refractivity contribution is 0.433. The first-order valence-corrected chi connectivity index (χ1v) is 2.79. The van der Waals surface area contributed by atoms with Crippen molar-refractivity contribution in [1.82, 2.24) is 4.98 Å². The summed E-state index contributed by atoms with van der Waals surface area (Å²) >= 11 is 0. The van der Waals surface area contributed by atoms with Gasteiger partial charge in [-0.15, -0.1) is 12.4 Å². The quantitative estimate of drug-likeness (QED) is 0.682. The molecule has 0 amide bonds. The molecule has 0 aliphatic carbocycles. The molecule has 0 spiro atoms. The van der Waals surface area contributed by atoms with Gasteiger partial charge in [-0.2, -0.15) is 0 Å². The molecule has 0 radical (unpaired) electrons. The maximum atomic E-state index is 11.8. The molecule has 58 valence electrons. The van der Waals surface area contributed by atoms with Crippen molar-refractivity contribution in [3.63, 3.8) is 0 Å². The van der Waals surface area contributed by atoms with Crippen LogP contribution >= 0.6 is 12.4 Å². The zero-order chi connectivity index (χ0) is 6.69. The summed E-state index contributed by atoms with van der Waals surface area (Å²) < 4.78 is 11.8. The van der Waals surface area contributed by atoms with Crippen LogP contribution in [0.2, 0.25) is 0 Å². The van der Waals surface area contributed by atoms with Crippen molar-refractivity contribution < 1.29 is 4.39 Å². The van der Waals surface area contributed by atoms with Gasteiger partial charge in [-0.3, -0.25) is 0 Å². The van der Waals surface area contributed by atoms with E-state index in [4.69, 9.17) is 5.73 Å². The molecule has 4 heteroatoms. The highest BCUT2D eigenvalue weighted by Gasteiger charge is 2.03. The van der Waals surface area contributed by atoms with Crippen molar-refractivity contribution in [3.8, 4) is 0 Å². The van der Waals surface area contributed by atoms with E-state index in [9.17, 15) is 4.39 Å². The highest BCUT2D eigenvalue weighted by molar-refractivity contribution is 5.85. The van der Waals surface area contributed by atoms with Gasteiger partial charge in [0.15, 0.2) is 0 Å². The fourth-order valence-corrected chi connectivity index (χ4v) is 0.658. The first-order valence-electron chi connectivity index (χ1n) is 2.79. The van der Waals surface area contributed by atoms with Crippen molar-refractivity contribution in [2.24, 2.45) is 5.73 Å².